The van der Waals surface area contributed by atoms with E-state index in [1.165, 1.54) is 12.1 Å². The first kappa shape index (κ1) is 18.4. The van der Waals surface area contributed by atoms with E-state index in [1.54, 1.807) is 18.3 Å². The number of nitrogens with one attached hydrogen (secondary N) is 1. The highest BCUT2D eigenvalue weighted by atomic mass is 19.1. The Labute approximate surface area is 142 Å². The largest absolute Gasteiger partial charge is 0.491 e. The van der Waals surface area contributed by atoms with Crippen LogP contribution in [-0.2, 0) is 0 Å². The monoisotopic (exact) mass is 332 g/mol. The molecular formula is C19H25FN2O2. The van der Waals surface area contributed by atoms with E-state index in [-0.39, 0.29) is 18.5 Å². The molecule has 1 heterocycles. The van der Waals surface area contributed by atoms with Gasteiger partial charge in [0.15, 0.2) is 0 Å². The van der Waals surface area contributed by atoms with Crippen LogP contribution in [0.2, 0.25) is 0 Å². The van der Waals surface area contributed by atoms with Crippen molar-refractivity contribution in [2.75, 3.05) is 13.2 Å². The number of aryl methyl sites for hydroxylation is 1. The summed E-state index contributed by atoms with van der Waals surface area (Å²) < 4.78 is 18.3. The zero-order valence-electron chi connectivity index (χ0n) is 14.4. The highest BCUT2D eigenvalue weighted by molar-refractivity contribution is 5.22. The van der Waals surface area contributed by atoms with Gasteiger partial charge in [-0.3, -0.25) is 4.98 Å². The van der Waals surface area contributed by atoms with Gasteiger partial charge in [0.05, 0.1) is 11.7 Å². The first-order chi connectivity index (χ1) is 11.5. The van der Waals surface area contributed by atoms with Crippen molar-refractivity contribution in [3.63, 3.8) is 0 Å². The molecule has 130 valence electrons. The Morgan fingerprint density at radius 3 is 2.54 bits per heavy atom. The molecule has 0 fully saturated rings. The molecule has 1 aromatic heterocycles. The molecule has 4 nitrogen and oxygen atoms in total. The second-order valence-electron chi connectivity index (χ2n) is 6.25. The van der Waals surface area contributed by atoms with Gasteiger partial charge in [-0.25, -0.2) is 4.39 Å². The fraction of sp³-hybridized carbons (Fsp3) is 0.421. The third-order valence-corrected chi connectivity index (χ3v) is 3.84. The molecule has 0 aliphatic carbocycles. The summed E-state index contributed by atoms with van der Waals surface area (Å²) in [7, 11) is 0. The highest BCUT2D eigenvalue weighted by Crippen LogP contribution is 2.22. The molecule has 2 unspecified atom stereocenters. The van der Waals surface area contributed by atoms with Crippen molar-refractivity contribution in [2.24, 2.45) is 5.92 Å². The number of hydrogen-bond donors (Lipinski definition) is 2. The molecule has 2 atom stereocenters. The molecule has 0 bridgehead atoms. The summed E-state index contributed by atoms with van der Waals surface area (Å²) in [5.74, 6) is 0.565. The number of aliphatic hydroxyl groups is 1. The second-order valence-corrected chi connectivity index (χ2v) is 6.25. The van der Waals surface area contributed by atoms with Gasteiger partial charge >= 0.3 is 0 Å². The summed E-state index contributed by atoms with van der Waals surface area (Å²) in [6, 6.07) is 9.77. The van der Waals surface area contributed by atoms with Gasteiger partial charge in [0.1, 0.15) is 24.3 Å². The van der Waals surface area contributed by atoms with E-state index in [4.69, 9.17) is 4.74 Å². The third-order valence-electron chi connectivity index (χ3n) is 3.84. The van der Waals surface area contributed by atoms with E-state index in [2.05, 4.69) is 24.1 Å². The van der Waals surface area contributed by atoms with Crippen LogP contribution in [-0.4, -0.2) is 29.3 Å². The number of aliphatic hydroxyl groups excluding tert-OH is 1. The number of pyridine rings is 1. The fourth-order valence-corrected chi connectivity index (χ4v) is 2.52. The lowest BCUT2D eigenvalue weighted by atomic mass is 9.97. The summed E-state index contributed by atoms with van der Waals surface area (Å²) in [5.41, 5.74) is 2.12. The van der Waals surface area contributed by atoms with Crippen molar-refractivity contribution in [2.45, 2.75) is 32.9 Å². The van der Waals surface area contributed by atoms with Crippen LogP contribution in [0.25, 0.3) is 0 Å². The molecule has 5 heteroatoms. The quantitative estimate of drug-likeness (QED) is 0.779. The predicted molar refractivity (Wildman–Crippen MR) is 92.5 cm³/mol. The van der Waals surface area contributed by atoms with Gasteiger partial charge in [-0.05, 0) is 48.7 Å². The molecule has 24 heavy (non-hydrogen) atoms. The first-order valence-electron chi connectivity index (χ1n) is 8.18. The van der Waals surface area contributed by atoms with E-state index in [0.29, 0.717) is 18.2 Å². The van der Waals surface area contributed by atoms with Crippen LogP contribution in [0, 0.1) is 18.7 Å². The molecule has 0 saturated carbocycles. The lowest BCUT2D eigenvalue weighted by Crippen LogP contribution is -2.36. The standard InChI is InChI=1S/C19H25FN2O2/c1-13(2)18(19-14(3)5-4-10-21-19)22-11-16(23)12-24-17-8-6-15(20)7-9-17/h4-10,13,16,18,22-23H,11-12H2,1-3H3. The molecule has 2 rings (SSSR count). The third kappa shape index (κ3) is 5.28. The minimum atomic E-state index is -0.666. The number of benzene rings is 1. The average Bonchev–Trinajstić information content (AvgIpc) is 2.56. The second kappa shape index (κ2) is 8.76. The van der Waals surface area contributed by atoms with Gasteiger partial charge in [-0.15, -0.1) is 0 Å². The van der Waals surface area contributed by atoms with Crippen molar-refractivity contribution in [3.05, 3.63) is 59.7 Å². The summed E-state index contributed by atoms with van der Waals surface area (Å²) in [6.07, 6.45) is 1.12. The van der Waals surface area contributed by atoms with Crippen molar-refractivity contribution >= 4 is 0 Å². The predicted octanol–water partition coefficient (Wildman–Crippen LogP) is 3.26. The number of halogens is 1. The van der Waals surface area contributed by atoms with Crippen molar-refractivity contribution in [3.8, 4) is 5.75 Å². The van der Waals surface area contributed by atoms with Crippen LogP contribution >= 0.6 is 0 Å². The Bertz CT molecular complexity index is 632. The molecule has 0 spiro atoms. The Kier molecular flexibility index (Phi) is 6.70. The molecule has 2 aromatic rings. The normalized spacial score (nSPS) is 13.8. The Morgan fingerprint density at radius 1 is 1.21 bits per heavy atom. The topological polar surface area (TPSA) is 54.4 Å². The van der Waals surface area contributed by atoms with Crippen LogP contribution in [0.5, 0.6) is 5.75 Å². The van der Waals surface area contributed by atoms with E-state index in [1.807, 2.05) is 19.1 Å². The molecule has 0 saturated heterocycles. The minimum absolute atomic E-state index is 0.0617. The van der Waals surface area contributed by atoms with Gasteiger partial charge in [-0.2, -0.15) is 0 Å². The van der Waals surface area contributed by atoms with Gasteiger partial charge < -0.3 is 15.2 Å². The molecule has 0 aliphatic rings. The van der Waals surface area contributed by atoms with Crippen LogP contribution in [0.3, 0.4) is 0 Å². The van der Waals surface area contributed by atoms with Crippen molar-refractivity contribution < 1.29 is 14.2 Å². The van der Waals surface area contributed by atoms with E-state index >= 15 is 0 Å². The number of nitrogens with zero attached hydrogens (tertiary/aromatic N) is 1. The van der Waals surface area contributed by atoms with Crippen LogP contribution < -0.4 is 10.1 Å². The van der Waals surface area contributed by atoms with Gasteiger partial charge in [0, 0.05) is 12.7 Å². The lowest BCUT2D eigenvalue weighted by molar-refractivity contribution is 0.101. The zero-order valence-corrected chi connectivity index (χ0v) is 14.4. The lowest BCUT2D eigenvalue weighted by Gasteiger charge is -2.25. The number of ether oxygens (including phenoxy) is 1. The Morgan fingerprint density at radius 2 is 1.92 bits per heavy atom. The summed E-state index contributed by atoms with van der Waals surface area (Å²) >= 11 is 0. The van der Waals surface area contributed by atoms with Gasteiger partial charge in [0.2, 0.25) is 0 Å². The fourth-order valence-electron chi connectivity index (χ4n) is 2.52. The maximum Gasteiger partial charge on any atom is 0.123 e. The highest BCUT2D eigenvalue weighted by Gasteiger charge is 2.19. The maximum absolute atomic E-state index is 12.8. The van der Waals surface area contributed by atoms with Gasteiger partial charge in [-0.1, -0.05) is 19.9 Å². The average molecular weight is 332 g/mol. The summed E-state index contributed by atoms with van der Waals surface area (Å²) in [6.45, 7) is 6.80. The number of aromatic nitrogens is 1. The molecule has 0 amide bonds. The molecule has 0 aliphatic heterocycles. The molecule has 1 aromatic carbocycles. The Hall–Kier alpha value is -1.98. The molecular weight excluding hydrogens is 307 g/mol. The van der Waals surface area contributed by atoms with Crippen molar-refractivity contribution in [1.82, 2.24) is 10.3 Å². The van der Waals surface area contributed by atoms with E-state index in [9.17, 15) is 9.50 Å². The smallest absolute Gasteiger partial charge is 0.123 e. The summed E-state index contributed by atoms with van der Waals surface area (Å²) in [5, 5.41) is 13.5. The first-order valence-corrected chi connectivity index (χ1v) is 8.18. The van der Waals surface area contributed by atoms with E-state index < -0.39 is 6.10 Å². The van der Waals surface area contributed by atoms with Crippen molar-refractivity contribution in [1.29, 1.82) is 0 Å². The maximum atomic E-state index is 12.8. The molecule has 2 N–H and O–H groups in total. The van der Waals surface area contributed by atoms with Crippen LogP contribution in [0.4, 0.5) is 4.39 Å². The van der Waals surface area contributed by atoms with Crippen LogP contribution in [0.15, 0.2) is 42.6 Å². The Balaban J connectivity index is 1.87. The zero-order chi connectivity index (χ0) is 17.5. The number of hydrogen-bond acceptors (Lipinski definition) is 4. The minimum Gasteiger partial charge on any atom is -0.491 e. The summed E-state index contributed by atoms with van der Waals surface area (Å²) in [4.78, 5) is 4.47. The van der Waals surface area contributed by atoms with Gasteiger partial charge in [0.25, 0.3) is 0 Å². The molecule has 0 radical (unpaired) electrons. The van der Waals surface area contributed by atoms with E-state index in [0.717, 1.165) is 11.3 Å². The number of rotatable bonds is 8. The SMILES string of the molecule is Cc1cccnc1C(NCC(O)COc1ccc(F)cc1)C(C)C. The van der Waals surface area contributed by atoms with Crippen LogP contribution in [0.1, 0.15) is 31.1 Å².